The minimum Gasteiger partial charge on any atom is -0.495 e. The Balaban J connectivity index is 1.66. The third-order valence-corrected chi connectivity index (χ3v) is 4.80. The lowest BCUT2D eigenvalue weighted by molar-refractivity contribution is 0.0696. The van der Waals surface area contributed by atoms with Gasteiger partial charge in [0.2, 0.25) is 0 Å². The second-order valence-corrected chi connectivity index (χ2v) is 6.78. The normalized spacial score (nSPS) is 16.7. The topological polar surface area (TPSA) is 58.6 Å². The molecule has 0 aliphatic heterocycles. The maximum atomic E-state index is 11.1. The minimum atomic E-state index is -0.952. The molecule has 0 bridgehead atoms. The molecule has 2 aromatic rings. The van der Waals surface area contributed by atoms with Gasteiger partial charge in [0.25, 0.3) is 0 Å². The van der Waals surface area contributed by atoms with Crippen molar-refractivity contribution in [2.24, 2.45) is 0 Å². The van der Waals surface area contributed by atoms with E-state index in [0.29, 0.717) is 17.6 Å². The first-order chi connectivity index (χ1) is 11.6. The summed E-state index contributed by atoms with van der Waals surface area (Å²) >= 11 is 0. The maximum Gasteiger partial charge on any atom is 0.335 e. The van der Waals surface area contributed by atoms with E-state index in [2.05, 4.69) is 23.5 Å². The molecule has 4 heteroatoms. The van der Waals surface area contributed by atoms with Gasteiger partial charge in [-0.1, -0.05) is 6.07 Å². The van der Waals surface area contributed by atoms with Gasteiger partial charge in [0, 0.05) is 5.69 Å². The third kappa shape index (κ3) is 3.09. The molecule has 2 fully saturated rings. The molecule has 2 aliphatic carbocycles. The zero-order chi connectivity index (χ0) is 16.7. The standard InChI is InChI=1S/C20H21NO3/c1-24-19-11-14(20(22)23)6-7-18(19)21-17-9-15(12-2-3-12)8-16(10-17)13-4-5-13/h6-13,21H,2-5H2,1H3,(H,22,23). The van der Waals surface area contributed by atoms with Crippen LogP contribution in [0, 0.1) is 0 Å². The monoisotopic (exact) mass is 323 g/mol. The Labute approximate surface area is 141 Å². The van der Waals surface area contributed by atoms with E-state index in [4.69, 9.17) is 9.84 Å². The number of ether oxygens (including phenoxy) is 1. The van der Waals surface area contributed by atoms with Crippen molar-refractivity contribution in [3.8, 4) is 5.75 Å². The maximum absolute atomic E-state index is 11.1. The van der Waals surface area contributed by atoms with Gasteiger partial charge in [-0.25, -0.2) is 4.79 Å². The largest absolute Gasteiger partial charge is 0.495 e. The van der Waals surface area contributed by atoms with Crippen molar-refractivity contribution in [2.75, 3.05) is 12.4 Å². The van der Waals surface area contributed by atoms with E-state index in [9.17, 15) is 4.79 Å². The van der Waals surface area contributed by atoms with E-state index in [1.807, 2.05) is 0 Å². The molecule has 0 radical (unpaired) electrons. The molecule has 0 aromatic heterocycles. The fourth-order valence-corrected chi connectivity index (χ4v) is 3.14. The van der Waals surface area contributed by atoms with Gasteiger partial charge in [-0.2, -0.15) is 0 Å². The first-order valence-electron chi connectivity index (χ1n) is 8.47. The number of hydrogen-bond donors (Lipinski definition) is 2. The Morgan fingerprint density at radius 3 is 2.17 bits per heavy atom. The molecule has 4 nitrogen and oxygen atoms in total. The highest BCUT2D eigenvalue weighted by Gasteiger charge is 2.28. The lowest BCUT2D eigenvalue weighted by Crippen LogP contribution is -2.00. The molecule has 0 atom stereocenters. The van der Waals surface area contributed by atoms with Crippen LogP contribution in [-0.2, 0) is 0 Å². The summed E-state index contributed by atoms with van der Waals surface area (Å²) in [7, 11) is 1.56. The molecular formula is C20H21NO3. The molecule has 0 spiro atoms. The van der Waals surface area contributed by atoms with Crippen LogP contribution in [0.4, 0.5) is 11.4 Å². The molecule has 124 valence electrons. The molecule has 24 heavy (non-hydrogen) atoms. The van der Waals surface area contributed by atoms with E-state index >= 15 is 0 Å². The quantitative estimate of drug-likeness (QED) is 0.794. The first kappa shape index (κ1) is 15.1. The summed E-state index contributed by atoms with van der Waals surface area (Å²) in [4.78, 5) is 11.1. The van der Waals surface area contributed by atoms with Crippen LogP contribution >= 0.6 is 0 Å². The Kier molecular flexibility index (Phi) is 3.68. The summed E-state index contributed by atoms with van der Waals surface area (Å²) in [6.45, 7) is 0. The Morgan fingerprint density at radius 2 is 1.67 bits per heavy atom. The van der Waals surface area contributed by atoms with Crippen LogP contribution in [-0.4, -0.2) is 18.2 Å². The van der Waals surface area contributed by atoms with E-state index in [-0.39, 0.29) is 5.56 Å². The van der Waals surface area contributed by atoms with Crippen LogP contribution < -0.4 is 10.1 Å². The van der Waals surface area contributed by atoms with Crippen molar-refractivity contribution in [3.05, 3.63) is 53.1 Å². The summed E-state index contributed by atoms with van der Waals surface area (Å²) in [5.41, 5.74) is 4.91. The summed E-state index contributed by atoms with van der Waals surface area (Å²) < 4.78 is 5.36. The number of carboxylic acid groups (broad SMARTS) is 1. The van der Waals surface area contributed by atoms with E-state index in [1.165, 1.54) is 36.8 Å². The number of nitrogens with one attached hydrogen (secondary N) is 1. The average Bonchev–Trinajstić information content (AvgIpc) is 3.48. The Bertz CT molecular complexity index is 761. The number of carboxylic acids is 1. The summed E-state index contributed by atoms with van der Waals surface area (Å²) in [6.07, 6.45) is 5.13. The molecule has 2 aromatic carbocycles. The summed E-state index contributed by atoms with van der Waals surface area (Å²) in [5.74, 6) is 1.01. The average molecular weight is 323 g/mol. The number of methoxy groups -OCH3 is 1. The number of benzene rings is 2. The van der Waals surface area contributed by atoms with Gasteiger partial charge in [0.1, 0.15) is 5.75 Å². The number of carbonyl (C=O) groups is 1. The van der Waals surface area contributed by atoms with Gasteiger partial charge < -0.3 is 15.2 Å². The van der Waals surface area contributed by atoms with Gasteiger partial charge in [0.05, 0.1) is 18.4 Å². The molecule has 2 saturated carbocycles. The van der Waals surface area contributed by atoms with E-state index in [1.54, 1.807) is 25.3 Å². The van der Waals surface area contributed by atoms with Crippen molar-refractivity contribution in [3.63, 3.8) is 0 Å². The predicted molar refractivity (Wildman–Crippen MR) is 93.6 cm³/mol. The van der Waals surface area contributed by atoms with E-state index < -0.39 is 5.97 Å². The van der Waals surface area contributed by atoms with Gasteiger partial charge in [-0.05, 0) is 79.0 Å². The van der Waals surface area contributed by atoms with Crippen molar-refractivity contribution in [1.29, 1.82) is 0 Å². The summed E-state index contributed by atoms with van der Waals surface area (Å²) in [6, 6.07) is 11.7. The molecule has 2 aliphatic rings. The van der Waals surface area contributed by atoms with Crippen LogP contribution in [0.5, 0.6) is 5.75 Å². The molecule has 0 amide bonds. The lowest BCUT2D eigenvalue weighted by atomic mass is 10.0. The van der Waals surface area contributed by atoms with Crippen LogP contribution in [0.1, 0.15) is 59.0 Å². The summed E-state index contributed by atoms with van der Waals surface area (Å²) in [5, 5.41) is 12.5. The number of aromatic carboxylic acids is 1. The van der Waals surface area contributed by atoms with Crippen LogP contribution in [0.15, 0.2) is 36.4 Å². The van der Waals surface area contributed by atoms with Crippen molar-refractivity contribution in [2.45, 2.75) is 37.5 Å². The highest BCUT2D eigenvalue weighted by molar-refractivity contribution is 5.89. The fourth-order valence-electron chi connectivity index (χ4n) is 3.14. The molecule has 0 saturated heterocycles. The zero-order valence-electron chi connectivity index (χ0n) is 13.7. The van der Waals surface area contributed by atoms with Gasteiger partial charge in [0.15, 0.2) is 0 Å². The number of anilines is 2. The smallest absolute Gasteiger partial charge is 0.335 e. The van der Waals surface area contributed by atoms with Crippen molar-refractivity contribution < 1.29 is 14.6 Å². The SMILES string of the molecule is COc1cc(C(=O)O)ccc1Nc1cc(C2CC2)cc(C2CC2)c1. The van der Waals surface area contributed by atoms with Crippen LogP contribution in [0.25, 0.3) is 0 Å². The van der Waals surface area contributed by atoms with Gasteiger partial charge in [-0.15, -0.1) is 0 Å². The van der Waals surface area contributed by atoms with Crippen molar-refractivity contribution in [1.82, 2.24) is 0 Å². The second kappa shape index (κ2) is 5.86. The molecule has 0 heterocycles. The molecule has 2 N–H and O–H groups in total. The fraction of sp³-hybridized carbons (Fsp3) is 0.350. The Hall–Kier alpha value is -2.49. The lowest BCUT2D eigenvalue weighted by Gasteiger charge is -2.14. The number of hydrogen-bond acceptors (Lipinski definition) is 3. The van der Waals surface area contributed by atoms with Gasteiger partial charge in [-0.3, -0.25) is 0 Å². The predicted octanol–water partition coefficient (Wildman–Crippen LogP) is 4.89. The third-order valence-electron chi connectivity index (χ3n) is 4.80. The van der Waals surface area contributed by atoms with E-state index in [0.717, 1.165) is 11.4 Å². The molecule has 0 unspecified atom stereocenters. The number of rotatable bonds is 6. The highest BCUT2D eigenvalue weighted by atomic mass is 16.5. The van der Waals surface area contributed by atoms with Gasteiger partial charge >= 0.3 is 5.97 Å². The zero-order valence-corrected chi connectivity index (χ0v) is 13.7. The Morgan fingerprint density at radius 1 is 1.04 bits per heavy atom. The van der Waals surface area contributed by atoms with Crippen LogP contribution in [0.2, 0.25) is 0 Å². The second-order valence-electron chi connectivity index (χ2n) is 6.78. The molecular weight excluding hydrogens is 302 g/mol. The van der Waals surface area contributed by atoms with Crippen molar-refractivity contribution >= 4 is 17.3 Å². The first-order valence-corrected chi connectivity index (χ1v) is 8.47. The molecule has 4 rings (SSSR count). The minimum absolute atomic E-state index is 0.225. The highest BCUT2D eigenvalue weighted by Crippen LogP contribution is 2.46. The van der Waals surface area contributed by atoms with Crippen LogP contribution in [0.3, 0.4) is 0 Å².